The van der Waals surface area contributed by atoms with Gasteiger partial charge in [-0.3, -0.25) is 0 Å². The van der Waals surface area contributed by atoms with Crippen LogP contribution in [0.1, 0.15) is 46.0 Å². The molecule has 1 aliphatic carbocycles. The summed E-state index contributed by atoms with van der Waals surface area (Å²) >= 11 is 0. The summed E-state index contributed by atoms with van der Waals surface area (Å²) in [5.41, 5.74) is 3.82. The first-order chi connectivity index (χ1) is 9.06. The molecule has 2 heteroatoms. The van der Waals surface area contributed by atoms with Crippen molar-refractivity contribution in [2.75, 3.05) is 7.05 Å². The molecule has 104 valence electrons. The third-order valence-electron chi connectivity index (χ3n) is 4.66. The molecule has 0 radical (unpaired) electrons. The summed E-state index contributed by atoms with van der Waals surface area (Å²) in [5, 5.41) is 0. The summed E-state index contributed by atoms with van der Waals surface area (Å²) in [6.45, 7) is 4.22. The van der Waals surface area contributed by atoms with E-state index >= 15 is 0 Å². The summed E-state index contributed by atoms with van der Waals surface area (Å²) in [6, 6.07) is 0. The molecule has 0 N–H and O–H groups in total. The van der Waals surface area contributed by atoms with Crippen molar-refractivity contribution in [1.82, 2.24) is 4.90 Å². The van der Waals surface area contributed by atoms with E-state index in [2.05, 4.69) is 12.8 Å². The number of halogens is 1. The topological polar surface area (TPSA) is 3.24 Å². The van der Waals surface area contributed by atoms with E-state index in [1.807, 2.05) is 20.0 Å². The Balaban J connectivity index is 2.34. The van der Waals surface area contributed by atoms with Crippen LogP contribution in [0, 0.1) is 24.2 Å². The first kappa shape index (κ1) is 14.2. The Bertz CT molecular complexity index is 437. The van der Waals surface area contributed by atoms with Crippen molar-refractivity contribution in [3.05, 3.63) is 22.9 Å². The number of rotatable bonds is 2. The van der Waals surface area contributed by atoms with Gasteiger partial charge >= 0.3 is 0 Å². The highest BCUT2D eigenvalue weighted by Crippen LogP contribution is 2.42. The smallest absolute Gasteiger partial charge is 0.175 e. The third kappa shape index (κ3) is 2.71. The lowest BCUT2D eigenvalue weighted by Gasteiger charge is -2.40. The van der Waals surface area contributed by atoms with Crippen molar-refractivity contribution in [2.24, 2.45) is 11.8 Å². The van der Waals surface area contributed by atoms with Gasteiger partial charge in [-0.15, -0.1) is 12.3 Å². The number of allylic oxidation sites excluding steroid dienone is 3. The second-order valence-electron chi connectivity index (χ2n) is 5.95. The van der Waals surface area contributed by atoms with Crippen molar-refractivity contribution < 1.29 is 4.39 Å². The van der Waals surface area contributed by atoms with Gasteiger partial charge in [-0.05, 0) is 43.8 Å². The van der Waals surface area contributed by atoms with Gasteiger partial charge in [0.05, 0.1) is 0 Å². The van der Waals surface area contributed by atoms with Crippen LogP contribution in [0.3, 0.4) is 0 Å². The molecule has 0 bridgehead atoms. The molecule has 0 amide bonds. The van der Waals surface area contributed by atoms with Crippen LogP contribution in [-0.4, -0.2) is 18.2 Å². The fourth-order valence-corrected chi connectivity index (χ4v) is 3.12. The zero-order chi connectivity index (χ0) is 14.0. The summed E-state index contributed by atoms with van der Waals surface area (Å²) in [6.07, 6.45) is 11.8. The van der Waals surface area contributed by atoms with Gasteiger partial charge in [0.2, 0.25) is 0 Å². The van der Waals surface area contributed by atoms with E-state index in [9.17, 15) is 4.39 Å². The number of likely N-dealkylation sites (tertiary alicyclic amines) is 1. The summed E-state index contributed by atoms with van der Waals surface area (Å²) in [4.78, 5) is 1.77. The number of hydrogen-bond donors (Lipinski definition) is 0. The molecule has 0 aromatic rings. The molecular weight excluding hydrogens is 237 g/mol. The molecule has 1 saturated carbocycles. The van der Waals surface area contributed by atoms with Crippen LogP contribution in [0.15, 0.2) is 22.9 Å². The van der Waals surface area contributed by atoms with Gasteiger partial charge in [-0.2, -0.15) is 0 Å². The van der Waals surface area contributed by atoms with Crippen LogP contribution in [0.5, 0.6) is 0 Å². The maximum absolute atomic E-state index is 14.2. The lowest BCUT2D eigenvalue weighted by atomic mass is 9.75. The number of terminal acetylenes is 1. The quantitative estimate of drug-likeness (QED) is 0.530. The molecule has 0 aromatic carbocycles. The fraction of sp³-hybridized carbons (Fsp3) is 0.647. The third-order valence-corrected chi connectivity index (χ3v) is 4.66. The molecule has 1 heterocycles. The lowest BCUT2D eigenvalue weighted by molar-refractivity contribution is 0.0716. The van der Waals surface area contributed by atoms with Crippen LogP contribution in [0.4, 0.5) is 4.39 Å². The highest BCUT2D eigenvalue weighted by atomic mass is 19.1. The van der Waals surface area contributed by atoms with E-state index in [0.717, 1.165) is 12.1 Å². The Morgan fingerprint density at radius 2 is 2.21 bits per heavy atom. The number of alkyl halides is 1. The van der Waals surface area contributed by atoms with E-state index in [-0.39, 0.29) is 5.92 Å². The molecule has 1 aliphatic heterocycles. The molecule has 1 saturated heterocycles. The van der Waals surface area contributed by atoms with Crippen molar-refractivity contribution in [3.63, 3.8) is 0 Å². The predicted molar refractivity (Wildman–Crippen MR) is 78.0 cm³/mol. The second kappa shape index (κ2) is 5.82. The van der Waals surface area contributed by atoms with Crippen LogP contribution in [-0.2, 0) is 0 Å². The molecule has 0 unspecified atom stereocenters. The molecule has 0 spiro atoms. The maximum atomic E-state index is 14.2. The SMILES string of the molecule is C#CC/C=C1\C(=C(/C)C2CCC2)C[C@@H](C)[C@H](F)N1C. The molecule has 0 aromatic heterocycles. The highest BCUT2D eigenvalue weighted by molar-refractivity contribution is 5.38. The molecule has 2 aliphatic rings. The predicted octanol–water partition coefficient (Wildman–Crippen LogP) is 4.28. The van der Waals surface area contributed by atoms with Gasteiger partial charge in [-0.1, -0.05) is 18.9 Å². The average molecular weight is 261 g/mol. The molecule has 19 heavy (non-hydrogen) atoms. The molecule has 2 rings (SSSR count). The van der Waals surface area contributed by atoms with Crippen LogP contribution >= 0.6 is 0 Å². The molecule has 2 atom stereocenters. The first-order valence-electron chi connectivity index (χ1n) is 7.26. The zero-order valence-electron chi connectivity index (χ0n) is 12.2. The highest BCUT2D eigenvalue weighted by Gasteiger charge is 2.34. The lowest BCUT2D eigenvalue weighted by Crippen LogP contribution is -2.39. The van der Waals surface area contributed by atoms with Crippen molar-refractivity contribution in [2.45, 2.75) is 52.2 Å². The number of likely N-dealkylation sites (N-methyl/N-ethyl adjacent to an activating group) is 1. The van der Waals surface area contributed by atoms with Crippen LogP contribution in [0.25, 0.3) is 0 Å². The van der Waals surface area contributed by atoms with E-state index in [4.69, 9.17) is 6.42 Å². The average Bonchev–Trinajstić information content (AvgIpc) is 2.32. The second-order valence-corrected chi connectivity index (χ2v) is 5.95. The minimum atomic E-state index is -0.901. The number of nitrogens with zero attached hydrogens (tertiary/aromatic N) is 1. The van der Waals surface area contributed by atoms with Crippen molar-refractivity contribution >= 4 is 0 Å². The largest absolute Gasteiger partial charge is 0.345 e. The van der Waals surface area contributed by atoms with Crippen LogP contribution < -0.4 is 0 Å². The number of hydrogen-bond acceptors (Lipinski definition) is 1. The molecular formula is C17H24FN. The summed E-state index contributed by atoms with van der Waals surface area (Å²) in [5.74, 6) is 3.39. The monoisotopic (exact) mass is 261 g/mol. The van der Waals surface area contributed by atoms with E-state index in [1.54, 1.807) is 4.90 Å². The standard InChI is InChI=1S/C17H24FN/c1-5-6-10-16-15(13(3)14-8-7-9-14)11-12(2)17(18)19(16)4/h1,10,12,14,17H,6-9,11H2,2-4H3/b15-13+,16-10+/t12-,17-/m1/s1. The summed E-state index contributed by atoms with van der Waals surface area (Å²) < 4.78 is 14.2. The zero-order valence-corrected chi connectivity index (χ0v) is 12.2. The van der Waals surface area contributed by atoms with Gasteiger partial charge in [0.25, 0.3) is 0 Å². The Labute approximate surface area is 116 Å². The van der Waals surface area contributed by atoms with E-state index in [0.29, 0.717) is 12.3 Å². The fourth-order valence-electron chi connectivity index (χ4n) is 3.12. The minimum Gasteiger partial charge on any atom is -0.345 e. The Morgan fingerprint density at radius 1 is 1.53 bits per heavy atom. The minimum absolute atomic E-state index is 0.0537. The van der Waals surface area contributed by atoms with Gasteiger partial charge in [0, 0.05) is 25.1 Å². The van der Waals surface area contributed by atoms with Crippen molar-refractivity contribution in [1.29, 1.82) is 0 Å². The first-order valence-corrected chi connectivity index (χ1v) is 7.26. The van der Waals surface area contributed by atoms with Gasteiger partial charge in [0.15, 0.2) is 6.30 Å². The normalized spacial score (nSPS) is 33.0. The number of piperidine rings is 1. The Kier molecular flexibility index (Phi) is 4.34. The van der Waals surface area contributed by atoms with E-state index in [1.165, 1.54) is 30.4 Å². The molecule has 2 fully saturated rings. The summed E-state index contributed by atoms with van der Waals surface area (Å²) in [7, 11) is 1.84. The maximum Gasteiger partial charge on any atom is 0.175 e. The van der Waals surface area contributed by atoms with Gasteiger partial charge in [-0.25, -0.2) is 4.39 Å². The van der Waals surface area contributed by atoms with Gasteiger partial charge < -0.3 is 4.90 Å². The Hall–Kier alpha value is -1.23. The molecule has 1 nitrogen and oxygen atoms in total. The van der Waals surface area contributed by atoms with Crippen LogP contribution in [0.2, 0.25) is 0 Å². The van der Waals surface area contributed by atoms with Crippen molar-refractivity contribution in [3.8, 4) is 12.3 Å². The van der Waals surface area contributed by atoms with Gasteiger partial charge in [0.1, 0.15) is 0 Å². The Morgan fingerprint density at radius 3 is 2.74 bits per heavy atom. The van der Waals surface area contributed by atoms with E-state index < -0.39 is 6.30 Å².